The Hall–Kier alpha value is -1.61. The second-order valence-corrected chi connectivity index (χ2v) is 4.73. The topological polar surface area (TPSA) is 61.8 Å². The fourth-order valence-electron chi connectivity index (χ4n) is 2.18. The lowest BCUT2D eigenvalue weighted by atomic mass is 10.1. The third-order valence-corrected chi connectivity index (χ3v) is 3.20. The summed E-state index contributed by atoms with van der Waals surface area (Å²) >= 11 is 0. The van der Waals surface area contributed by atoms with Crippen molar-refractivity contribution >= 4 is 5.91 Å². The van der Waals surface area contributed by atoms with Gasteiger partial charge in [0.25, 0.3) is 0 Å². The molecule has 0 radical (unpaired) electrons. The van der Waals surface area contributed by atoms with Gasteiger partial charge in [0.2, 0.25) is 5.91 Å². The summed E-state index contributed by atoms with van der Waals surface area (Å²) in [6.07, 6.45) is 13.1. The minimum Gasteiger partial charge on any atom is -0.367 e. The number of nitrogens with zero attached hydrogens (tertiary/aromatic N) is 1. The van der Waals surface area contributed by atoms with Gasteiger partial charge in [0, 0.05) is 26.1 Å². The molecule has 1 heterocycles. The second-order valence-electron chi connectivity index (χ2n) is 4.73. The molecular formula is C16H24N2O3. The van der Waals surface area contributed by atoms with Crippen LogP contribution in [0.1, 0.15) is 19.8 Å². The molecule has 2 atom stereocenters. The Bertz CT molecular complexity index is 412. The lowest BCUT2D eigenvalue weighted by Crippen LogP contribution is -2.55. The monoisotopic (exact) mass is 292 g/mol. The molecule has 2 N–H and O–H groups in total. The van der Waals surface area contributed by atoms with Gasteiger partial charge in [0.15, 0.2) is 6.29 Å². The van der Waals surface area contributed by atoms with Crippen molar-refractivity contribution in [3.8, 4) is 12.3 Å². The van der Waals surface area contributed by atoms with E-state index >= 15 is 0 Å². The van der Waals surface area contributed by atoms with E-state index in [1.807, 2.05) is 36.1 Å². The maximum absolute atomic E-state index is 11.5. The molecular weight excluding hydrogens is 268 g/mol. The van der Waals surface area contributed by atoms with Crippen LogP contribution in [0.25, 0.3) is 0 Å². The average Bonchev–Trinajstić information content (AvgIpc) is 2.46. The van der Waals surface area contributed by atoms with Crippen molar-refractivity contribution in [1.82, 2.24) is 10.2 Å². The van der Waals surface area contributed by atoms with Crippen molar-refractivity contribution in [2.75, 3.05) is 26.2 Å². The van der Waals surface area contributed by atoms with E-state index in [4.69, 9.17) is 11.2 Å². The summed E-state index contributed by atoms with van der Waals surface area (Å²) in [6, 6.07) is -0.228. The first-order valence-corrected chi connectivity index (χ1v) is 7.24. The first-order chi connectivity index (χ1) is 10.2. The molecule has 1 fully saturated rings. The Morgan fingerprint density at radius 1 is 1.52 bits per heavy atom. The summed E-state index contributed by atoms with van der Waals surface area (Å²) in [7, 11) is 0. The van der Waals surface area contributed by atoms with Gasteiger partial charge in [0.1, 0.15) is 0 Å². The highest BCUT2D eigenvalue weighted by Gasteiger charge is 2.29. The normalized spacial score (nSPS) is 19.6. The Labute approximate surface area is 126 Å². The van der Waals surface area contributed by atoms with Crippen LogP contribution in [0.3, 0.4) is 0 Å². The van der Waals surface area contributed by atoms with Crippen LogP contribution in [-0.2, 0) is 9.53 Å². The predicted molar refractivity (Wildman–Crippen MR) is 82.4 cm³/mol. The quantitative estimate of drug-likeness (QED) is 0.392. The number of piperazine rings is 1. The molecule has 1 aliphatic heterocycles. The van der Waals surface area contributed by atoms with Crippen LogP contribution in [0.5, 0.6) is 0 Å². The third kappa shape index (κ3) is 6.58. The Kier molecular flexibility index (Phi) is 8.44. The first kappa shape index (κ1) is 17.4. The molecule has 1 rings (SSSR count). The molecule has 21 heavy (non-hydrogen) atoms. The zero-order valence-electron chi connectivity index (χ0n) is 12.5. The molecule has 0 saturated carbocycles. The number of carbonyl (C=O) groups is 1. The minimum absolute atomic E-state index is 0.0205. The third-order valence-electron chi connectivity index (χ3n) is 3.20. The summed E-state index contributed by atoms with van der Waals surface area (Å²) in [4.78, 5) is 13.4. The largest absolute Gasteiger partial charge is 0.367 e. The molecule has 0 aromatic rings. The number of aliphatic hydroxyl groups excluding tert-OH is 1. The molecule has 0 aromatic carbocycles. The Balaban J connectivity index is 2.59. The van der Waals surface area contributed by atoms with Crippen LogP contribution in [0.15, 0.2) is 24.3 Å². The Morgan fingerprint density at radius 2 is 2.29 bits per heavy atom. The molecule has 0 bridgehead atoms. The first-order valence-electron chi connectivity index (χ1n) is 7.24. The number of amides is 1. The van der Waals surface area contributed by atoms with Crippen LogP contribution in [0.4, 0.5) is 0 Å². The highest BCUT2D eigenvalue weighted by atomic mass is 16.6. The summed E-state index contributed by atoms with van der Waals surface area (Å²) in [6.45, 7) is 3.86. The van der Waals surface area contributed by atoms with Gasteiger partial charge in [-0.1, -0.05) is 24.3 Å². The molecule has 5 nitrogen and oxygen atoms in total. The molecule has 1 saturated heterocycles. The number of ether oxygens (including phenoxy) is 1. The number of allylic oxidation sites excluding steroid dienone is 3. The molecule has 5 heteroatoms. The summed E-state index contributed by atoms with van der Waals surface area (Å²) in [5.74, 6) is 2.51. The smallest absolute Gasteiger partial charge is 0.234 e. The van der Waals surface area contributed by atoms with Crippen molar-refractivity contribution in [2.45, 2.75) is 32.1 Å². The van der Waals surface area contributed by atoms with Crippen molar-refractivity contribution in [3.63, 3.8) is 0 Å². The number of terminal acetylenes is 1. The van der Waals surface area contributed by atoms with Gasteiger partial charge in [-0.3, -0.25) is 9.69 Å². The van der Waals surface area contributed by atoms with E-state index in [1.165, 1.54) is 0 Å². The molecule has 0 aliphatic carbocycles. The number of rotatable bonds is 8. The van der Waals surface area contributed by atoms with E-state index in [0.29, 0.717) is 32.5 Å². The maximum Gasteiger partial charge on any atom is 0.234 e. The van der Waals surface area contributed by atoms with Crippen LogP contribution in [-0.4, -0.2) is 54.5 Å². The number of aliphatic hydroxyl groups is 1. The molecule has 0 aromatic heterocycles. The fourth-order valence-corrected chi connectivity index (χ4v) is 2.18. The Morgan fingerprint density at radius 3 is 2.95 bits per heavy atom. The SMILES string of the molecule is C#CC/C=C\C=C/CC(C(O)OCC)N1CCNC(=O)C1. The van der Waals surface area contributed by atoms with Crippen molar-refractivity contribution < 1.29 is 14.6 Å². The number of nitrogens with one attached hydrogen (secondary N) is 1. The zero-order chi connectivity index (χ0) is 15.5. The zero-order valence-corrected chi connectivity index (χ0v) is 12.5. The van der Waals surface area contributed by atoms with E-state index in [2.05, 4.69) is 11.2 Å². The van der Waals surface area contributed by atoms with Gasteiger partial charge < -0.3 is 15.2 Å². The number of carbonyl (C=O) groups excluding carboxylic acids is 1. The average molecular weight is 292 g/mol. The van der Waals surface area contributed by atoms with E-state index in [9.17, 15) is 9.90 Å². The van der Waals surface area contributed by atoms with Gasteiger partial charge in [-0.05, 0) is 13.3 Å². The predicted octanol–water partition coefficient (Wildman–Crippen LogP) is 0.667. The molecule has 2 unspecified atom stereocenters. The number of hydrogen-bond donors (Lipinski definition) is 2. The highest BCUT2D eigenvalue weighted by molar-refractivity contribution is 5.78. The van der Waals surface area contributed by atoms with E-state index in [1.54, 1.807) is 0 Å². The summed E-state index contributed by atoms with van der Waals surface area (Å²) in [5, 5.41) is 12.9. The lowest BCUT2D eigenvalue weighted by Gasteiger charge is -2.36. The van der Waals surface area contributed by atoms with E-state index in [-0.39, 0.29) is 18.5 Å². The van der Waals surface area contributed by atoms with Crippen LogP contribution < -0.4 is 5.32 Å². The highest BCUT2D eigenvalue weighted by Crippen LogP contribution is 2.13. The van der Waals surface area contributed by atoms with Crippen molar-refractivity contribution in [2.24, 2.45) is 0 Å². The van der Waals surface area contributed by atoms with Gasteiger partial charge in [-0.2, -0.15) is 0 Å². The van der Waals surface area contributed by atoms with Crippen LogP contribution >= 0.6 is 0 Å². The molecule has 0 spiro atoms. The van der Waals surface area contributed by atoms with E-state index < -0.39 is 6.29 Å². The van der Waals surface area contributed by atoms with Gasteiger partial charge >= 0.3 is 0 Å². The van der Waals surface area contributed by atoms with Gasteiger partial charge in [-0.25, -0.2) is 0 Å². The minimum atomic E-state index is -0.903. The summed E-state index contributed by atoms with van der Waals surface area (Å²) < 4.78 is 5.29. The van der Waals surface area contributed by atoms with Gasteiger partial charge in [0.05, 0.1) is 12.6 Å². The van der Waals surface area contributed by atoms with Crippen LogP contribution in [0, 0.1) is 12.3 Å². The lowest BCUT2D eigenvalue weighted by molar-refractivity contribution is -0.148. The number of hydrogen-bond acceptors (Lipinski definition) is 4. The summed E-state index contributed by atoms with van der Waals surface area (Å²) in [5.41, 5.74) is 0. The fraction of sp³-hybridized carbons (Fsp3) is 0.562. The van der Waals surface area contributed by atoms with Crippen LogP contribution in [0.2, 0.25) is 0 Å². The second kappa shape index (κ2) is 10.2. The molecule has 116 valence electrons. The van der Waals surface area contributed by atoms with Crippen molar-refractivity contribution in [3.05, 3.63) is 24.3 Å². The molecule has 1 aliphatic rings. The standard InChI is InChI=1S/C16H24N2O3/c1-3-5-6-7-8-9-10-14(16(20)21-4-2)18-12-11-17-15(19)13-18/h1,6-9,14,16,20H,4-5,10-13H2,2H3,(H,17,19)/b7-6-,9-8-. The van der Waals surface area contributed by atoms with E-state index in [0.717, 1.165) is 0 Å². The maximum atomic E-state index is 11.5. The molecule has 1 amide bonds. The van der Waals surface area contributed by atoms with Gasteiger partial charge in [-0.15, -0.1) is 12.3 Å². The van der Waals surface area contributed by atoms with Crippen molar-refractivity contribution in [1.29, 1.82) is 0 Å².